The minimum atomic E-state index is -1.22. The fourth-order valence-electron chi connectivity index (χ4n) is 9.25. The van der Waals surface area contributed by atoms with E-state index in [0.29, 0.717) is 0 Å². The summed E-state index contributed by atoms with van der Waals surface area (Å²) in [5.41, 5.74) is 12.1. The van der Waals surface area contributed by atoms with Crippen molar-refractivity contribution in [3.05, 3.63) is 143 Å². The van der Waals surface area contributed by atoms with Gasteiger partial charge in [0.05, 0.1) is 0 Å². The number of hydrogen-bond acceptors (Lipinski definition) is 1. The fraction of sp³-hybridized carbons (Fsp3) is 0.375. The van der Waals surface area contributed by atoms with Crippen LogP contribution in [0, 0.1) is 0 Å². The maximum atomic E-state index is 13.0. The van der Waals surface area contributed by atoms with Gasteiger partial charge in [-0.15, -0.1) is 0 Å². The lowest BCUT2D eigenvalue weighted by Gasteiger charge is -2.33. The van der Waals surface area contributed by atoms with Crippen LogP contribution >= 0.6 is 0 Å². The summed E-state index contributed by atoms with van der Waals surface area (Å²) in [6.07, 6.45) is 18.2. The lowest BCUT2D eigenvalue weighted by molar-refractivity contribution is 0.131. The van der Waals surface area contributed by atoms with Gasteiger partial charge < -0.3 is 5.11 Å². The molecule has 0 saturated heterocycles. The van der Waals surface area contributed by atoms with Crippen molar-refractivity contribution in [1.82, 2.24) is 0 Å². The average molecular weight is 647 g/mol. The van der Waals surface area contributed by atoms with Gasteiger partial charge in [-0.05, 0) is 63.4 Å². The maximum absolute atomic E-state index is 13.0. The van der Waals surface area contributed by atoms with Gasteiger partial charge in [0.25, 0.3) is 0 Å². The average Bonchev–Trinajstić information content (AvgIpc) is 3.58. The van der Waals surface area contributed by atoms with E-state index in [1.165, 1.54) is 118 Å². The molecule has 1 heteroatoms. The molecule has 2 aliphatic rings. The van der Waals surface area contributed by atoms with Crippen LogP contribution in [0.1, 0.15) is 132 Å². The van der Waals surface area contributed by atoms with Crippen molar-refractivity contribution in [2.24, 2.45) is 0 Å². The lowest BCUT2D eigenvalue weighted by atomic mass is 9.70. The van der Waals surface area contributed by atoms with Crippen LogP contribution in [0.3, 0.4) is 0 Å². The smallest absolute Gasteiger partial charge is 0.142 e. The molecule has 7 rings (SSSR count). The molecular weight excluding hydrogens is 593 g/mol. The van der Waals surface area contributed by atoms with E-state index >= 15 is 0 Å². The van der Waals surface area contributed by atoms with Gasteiger partial charge in [-0.2, -0.15) is 0 Å². The van der Waals surface area contributed by atoms with E-state index < -0.39 is 5.60 Å². The Morgan fingerprint density at radius 2 is 0.776 bits per heavy atom. The van der Waals surface area contributed by atoms with E-state index in [4.69, 9.17) is 0 Å². The topological polar surface area (TPSA) is 20.2 Å². The molecule has 0 unspecified atom stereocenters. The predicted molar refractivity (Wildman–Crippen MR) is 208 cm³/mol. The van der Waals surface area contributed by atoms with Crippen LogP contribution in [-0.4, -0.2) is 5.11 Å². The Morgan fingerprint density at radius 3 is 1.31 bits per heavy atom. The van der Waals surface area contributed by atoms with E-state index in [-0.39, 0.29) is 5.41 Å². The second-order valence-electron chi connectivity index (χ2n) is 14.8. The summed E-state index contributed by atoms with van der Waals surface area (Å²) in [6, 6.07) is 41.9. The monoisotopic (exact) mass is 646 g/mol. The number of benzene rings is 5. The Bertz CT molecular complexity index is 1820. The van der Waals surface area contributed by atoms with Crippen molar-refractivity contribution in [2.45, 2.75) is 115 Å². The fourth-order valence-corrected chi connectivity index (χ4v) is 9.25. The van der Waals surface area contributed by atoms with Crippen molar-refractivity contribution in [2.75, 3.05) is 0 Å². The molecule has 5 aromatic carbocycles. The first-order valence-corrected chi connectivity index (χ1v) is 19.4. The van der Waals surface area contributed by atoms with Crippen LogP contribution in [0.5, 0.6) is 0 Å². The quantitative estimate of drug-likeness (QED) is 0.106. The summed E-state index contributed by atoms with van der Waals surface area (Å²) in [5.74, 6) is 0. The second kappa shape index (κ2) is 14.9. The maximum Gasteiger partial charge on any atom is 0.142 e. The van der Waals surface area contributed by atoms with E-state index in [0.717, 1.165) is 33.4 Å². The molecule has 0 spiro atoms. The minimum absolute atomic E-state index is 0.0237. The zero-order chi connectivity index (χ0) is 33.7. The largest absolute Gasteiger partial charge is 0.376 e. The normalized spacial score (nSPS) is 14.7. The highest BCUT2D eigenvalue weighted by molar-refractivity contribution is 5.87. The van der Waals surface area contributed by atoms with E-state index in [9.17, 15) is 5.11 Å². The van der Waals surface area contributed by atoms with Crippen LogP contribution in [0.2, 0.25) is 0 Å². The van der Waals surface area contributed by atoms with E-state index in [1.54, 1.807) is 0 Å². The van der Waals surface area contributed by atoms with Crippen LogP contribution in [0.4, 0.5) is 0 Å². The minimum Gasteiger partial charge on any atom is -0.376 e. The molecule has 1 nitrogen and oxygen atoms in total. The summed E-state index contributed by atoms with van der Waals surface area (Å²) < 4.78 is 0. The number of unbranched alkanes of at least 4 members (excludes halogenated alkanes) is 10. The summed E-state index contributed by atoms with van der Waals surface area (Å²) in [7, 11) is 0. The first-order chi connectivity index (χ1) is 24.1. The predicted octanol–water partition coefficient (Wildman–Crippen LogP) is 13.4. The molecule has 1 N–H and O–H groups in total. The molecule has 0 aromatic heterocycles. The highest BCUT2D eigenvalue weighted by Gasteiger charge is 2.45. The Morgan fingerprint density at radius 1 is 0.388 bits per heavy atom. The first-order valence-electron chi connectivity index (χ1n) is 19.4. The Labute approximate surface area is 295 Å². The van der Waals surface area contributed by atoms with Crippen LogP contribution in [-0.2, 0) is 11.0 Å². The molecule has 0 bridgehead atoms. The first kappa shape index (κ1) is 33.6. The van der Waals surface area contributed by atoms with Crippen LogP contribution in [0.15, 0.2) is 115 Å². The molecular formula is C48H54O. The standard InChI is InChI=1S/C48H54O/c1-3-5-7-9-11-21-33-47(34-22-12-10-8-6-4-2)42-27-17-14-24-38(42)41-32-31-36(35-46(41)47)37-23-13-18-28-43(37)48(49)44-29-19-15-25-39(44)40-26-16-20-30-45(40)48/h13-20,23-32,35,49H,3-12,21-22,33-34H2,1-2H3. The Balaban J connectivity index is 1.31. The Hall–Kier alpha value is -3.94. The zero-order valence-corrected chi connectivity index (χ0v) is 29.8. The highest BCUT2D eigenvalue weighted by atomic mass is 16.3. The molecule has 0 saturated carbocycles. The molecule has 5 aromatic rings. The Kier molecular flexibility index (Phi) is 10.2. The van der Waals surface area contributed by atoms with Crippen molar-refractivity contribution >= 4 is 0 Å². The second-order valence-corrected chi connectivity index (χ2v) is 14.8. The van der Waals surface area contributed by atoms with Gasteiger partial charge in [-0.1, -0.05) is 200 Å². The molecule has 0 amide bonds. The highest BCUT2D eigenvalue weighted by Crippen LogP contribution is 2.56. The van der Waals surface area contributed by atoms with Gasteiger partial charge in [-0.3, -0.25) is 0 Å². The summed E-state index contributed by atoms with van der Waals surface area (Å²) in [4.78, 5) is 0. The third kappa shape index (κ3) is 6.10. The molecule has 0 heterocycles. The van der Waals surface area contributed by atoms with Crippen LogP contribution in [0.25, 0.3) is 33.4 Å². The molecule has 49 heavy (non-hydrogen) atoms. The lowest BCUT2D eigenvalue weighted by Crippen LogP contribution is -2.27. The summed E-state index contributed by atoms with van der Waals surface area (Å²) in [6.45, 7) is 4.61. The molecule has 252 valence electrons. The van der Waals surface area contributed by atoms with Crippen molar-refractivity contribution < 1.29 is 5.11 Å². The van der Waals surface area contributed by atoms with Crippen molar-refractivity contribution in [3.8, 4) is 33.4 Å². The number of fused-ring (bicyclic) bond motifs is 6. The van der Waals surface area contributed by atoms with E-state index in [1.807, 2.05) is 0 Å². The summed E-state index contributed by atoms with van der Waals surface area (Å²) >= 11 is 0. The number of hydrogen-bond donors (Lipinski definition) is 1. The summed E-state index contributed by atoms with van der Waals surface area (Å²) in [5, 5.41) is 13.0. The number of aliphatic hydroxyl groups is 1. The SMILES string of the molecule is CCCCCCCCC1(CCCCCCCC)c2ccccc2-c2ccc(-c3ccccc3C3(O)c4ccccc4-c4ccccc43)cc21. The molecule has 0 radical (unpaired) electrons. The van der Waals surface area contributed by atoms with Gasteiger partial charge in [0.15, 0.2) is 0 Å². The molecule has 0 atom stereocenters. The van der Waals surface area contributed by atoms with Gasteiger partial charge in [0.1, 0.15) is 5.60 Å². The van der Waals surface area contributed by atoms with Gasteiger partial charge in [0, 0.05) is 22.1 Å². The molecule has 0 aliphatic heterocycles. The molecule has 2 aliphatic carbocycles. The third-order valence-electron chi connectivity index (χ3n) is 11.7. The zero-order valence-electron chi connectivity index (χ0n) is 29.8. The van der Waals surface area contributed by atoms with Gasteiger partial charge in [-0.25, -0.2) is 0 Å². The van der Waals surface area contributed by atoms with Crippen molar-refractivity contribution in [1.29, 1.82) is 0 Å². The van der Waals surface area contributed by atoms with E-state index in [2.05, 4.69) is 129 Å². The van der Waals surface area contributed by atoms with Gasteiger partial charge >= 0.3 is 0 Å². The third-order valence-corrected chi connectivity index (χ3v) is 11.7. The van der Waals surface area contributed by atoms with Crippen molar-refractivity contribution in [3.63, 3.8) is 0 Å². The van der Waals surface area contributed by atoms with Gasteiger partial charge in [0.2, 0.25) is 0 Å². The van der Waals surface area contributed by atoms with Crippen LogP contribution < -0.4 is 0 Å². The molecule has 0 fully saturated rings. The number of rotatable bonds is 16.